The molecule has 12 heavy (non-hydrogen) atoms. The SMILES string of the molecule is CCCC(CCC)n1cccn1. The van der Waals surface area contributed by atoms with E-state index in [4.69, 9.17) is 0 Å². The van der Waals surface area contributed by atoms with Gasteiger partial charge in [0, 0.05) is 12.4 Å². The van der Waals surface area contributed by atoms with Crippen LogP contribution in [-0.4, -0.2) is 9.78 Å². The van der Waals surface area contributed by atoms with E-state index < -0.39 is 0 Å². The lowest BCUT2D eigenvalue weighted by Crippen LogP contribution is -2.08. The first-order valence-corrected chi connectivity index (χ1v) is 4.87. The van der Waals surface area contributed by atoms with Gasteiger partial charge in [-0.2, -0.15) is 5.10 Å². The van der Waals surface area contributed by atoms with Gasteiger partial charge in [0.1, 0.15) is 0 Å². The van der Waals surface area contributed by atoms with E-state index in [0.717, 1.165) is 0 Å². The fraction of sp³-hybridized carbons (Fsp3) is 0.700. The molecular formula is C10H18N2. The smallest absolute Gasteiger partial charge is 0.0519 e. The molecule has 0 unspecified atom stereocenters. The zero-order chi connectivity index (χ0) is 8.81. The summed E-state index contributed by atoms with van der Waals surface area (Å²) in [6, 6.07) is 2.62. The molecule has 0 amide bonds. The summed E-state index contributed by atoms with van der Waals surface area (Å²) in [6.07, 6.45) is 8.90. The molecule has 0 aliphatic rings. The molecule has 0 fully saturated rings. The van der Waals surface area contributed by atoms with Gasteiger partial charge in [-0.3, -0.25) is 4.68 Å². The number of aromatic nitrogens is 2. The number of hydrogen-bond donors (Lipinski definition) is 0. The van der Waals surface area contributed by atoms with Crippen LogP contribution in [0.3, 0.4) is 0 Å². The third kappa shape index (κ3) is 2.36. The first-order valence-electron chi connectivity index (χ1n) is 4.87. The maximum atomic E-state index is 4.27. The van der Waals surface area contributed by atoms with Crippen LogP contribution in [-0.2, 0) is 0 Å². The molecule has 2 nitrogen and oxygen atoms in total. The Hall–Kier alpha value is -0.790. The monoisotopic (exact) mass is 166 g/mol. The molecule has 0 saturated carbocycles. The van der Waals surface area contributed by atoms with Gasteiger partial charge in [0.2, 0.25) is 0 Å². The second kappa shape index (κ2) is 4.96. The van der Waals surface area contributed by atoms with Gasteiger partial charge < -0.3 is 0 Å². The van der Waals surface area contributed by atoms with Crippen LogP contribution in [0, 0.1) is 0 Å². The van der Waals surface area contributed by atoms with Gasteiger partial charge in [-0.25, -0.2) is 0 Å². The molecule has 0 radical (unpaired) electrons. The van der Waals surface area contributed by atoms with Crippen molar-refractivity contribution in [3.63, 3.8) is 0 Å². The maximum absolute atomic E-state index is 4.27. The van der Waals surface area contributed by atoms with E-state index in [1.165, 1.54) is 25.7 Å². The van der Waals surface area contributed by atoms with Gasteiger partial charge in [0.15, 0.2) is 0 Å². The lowest BCUT2D eigenvalue weighted by Gasteiger charge is -2.15. The number of hydrogen-bond acceptors (Lipinski definition) is 1. The van der Waals surface area contributed by atoms with Crippen molar-refractivity contribution < 1.29 is 0 Å². The summed E-state index contributed by atoms with van der Waals surface area (Å²) in [6.45, 7) is 4.46. The van der Waals surface area contributed by atoms with E-state index in [-0.39, 0.29) is 0 Å². The van der Waals surface area contributed by atoms with E-state index in [2.05, 4.69) is 29.8 Å². The number of rotatable bonds is 5. The summed E-state index contributed by atoms with van der Waals surface area (Å²) in [7, 11) is 0. The summed E-state index contributed by atoms with van der Waals surface area (Å²) in [5.41, 5.74) is 0. The third-order valence-corrected chi connectivity index (χ3v) is 2.14. The van der Waals surface area contributed by atoms with E-state index in [0.29, 0.717) is 6.04 Å². The minimum absolute atomic E-state index is 0.620. The van der Waals surface area contributed by atoms with Crippen LogP contribution in [0.15, 0.2) is 18.5 Å². The molecule has 0 spiro atoms. The normalized spacial score (nSPS) is 10.9. The molecule has 1 rings (SSSR count). The molecule has 0 bridgehead atoms. The van der Waals surface area contributed by atoms with E-state index in [1.54, 1.807) is 0 Å². The summed E-state index contributed by atoms with van der Waals surface area (Å²) >= 11 is 0. The van der Waals surface area contributed by atoms with Crippen LogP contribution in [0.5, 0.6) is 0 Å². The average Bonchev–Trinajstić information content (AvgIpc) is 2.56. The van der Waals surface area contributed by atoms with E-state index in [9.17, 15) is 0 Å². The van der Waals surface area contributed by atoms with Gasteiger partial charge in [0.05, 0.1) is 6.04 Å². The van der Waals surface area contributed by atoms with Crippen molar-refractivity contribution in [1.29, 1.82) is 0 Å². The molecule has 1 aromatic rings. The molecule has 1 heterocycles. The molecule has 2 heteroatoms. The highest BCUT2D eigenvalue weighted by molar-refractivity contribution is 4.81. The molecule has 1 aromatic heterocycles. The number of nitrogens with zero attached hydrogens (tertiary/aromatic N) is 2. The van der Waals surface area contributed by atoms with E-state index in [1.807, 2.05) is 12.3 Å². The van der Waals surface area contributed by atoms with Gasteiger partial charge >= 0.3 is 0 Å². The van der Waals surface area contributed by atoms with Crippen LogP contribution in [0.25, 0.3) is 0 Å². The quantitative estimate of drug-likeness (QED) is 0.657. The van der Waals surface area contributed by atoms with Crippen LogP contribution < -0.4 is 0 Å². The third-order valence-electron chi connectivity index (χ3n) is 2.14. The first-order chi connectivity index (χ1) is 5.88. The van der Waals surface area contributed by atoms with Gasteiger partial charge in [0.25, 0.3) is 0 Å². The van der Waals surface area contributed by atoms with Crippen molar-refractivity contribution >= 4 is 0 Å². The summed E-state index contributed by atoms with van der Waals surface area (Å²) in [5.74, 6) is 0. The molecule has 0 aliphatic heterocycles. The van der Waals surface area contributed by atoms with Gasteiger partial charge in [-0.05, 0) is 18.9 Å². The van der Waals surface area contributed by atoms with Gasteiger partial charge in [-0.1, -0.05) is 26.7 Å². The minimum Gasteiger partial charge on any atom is -0.270 e. The highest BCUT2D eigenvalue weighted by atomic mass is 15.3. The highest BCUT2D eigenvalue weighted by Crippen LogP contribution is 2.17. The lowest BCUT2D eigenvalue weighted by atomic mass is 10.1. The van der Waals surface area contributed by atoms with Crippen molar-refractivity contribution in [2.45, 2.75) is 45.6 Å². The molecule has 0 aliphatic carbocycles. The van der Waals surface area contributed by atoms with E-state index >= 15 is 0 Å². The standard InChI is InChI=1S/C10H18N2/c1-3-6-10(7-4-2)12-9-5-8-11-12/h5,8-10H,3-4,6-7H2,1-2H3. The van der Waals surface area contributed by atoms with Crippen molar-refractivity contribution in [2.24, 2.45) is 0 Å². The fourth-order valence-electron chi connectivity index (χ4n) is 1.57. The van der Waals surface area contributed by atoms with Crippen molar-refractivity contribution in [3.05, 3.63) is 18.5 Å². The predicted molar refractivity (Wildman–Crippen MR) is 51.1 cm³/mol. The summed E-state index contributed by atoms with van der Waals surface area (Å²) in [4.78, 5) is 0. The minimum atomic E-state index is 0.620. The predicted octanol–water partition coefficient (Wildman–Crippen LogP) is 3.02. The van der Waals surface area contributed by atoms with Crippen LogP contribution in [0.2, 0.25) is 0 Å². The average molecular weight is 166 g/mol. The Labute approximate surface area is 74.6 Å². The Balaban J connectivity index is 2.53. The second-order valence-electron chi connectivity index (χ2n) is 3.22. The molecule has 0 aromatic carbocycles. The highest BCUT2D eigenvalue weighted by Gasteiger charge is 2.07. The fourth-order valence-corrected chi connectivity index (χ4v) is 1.57. The second-order valence-corrected chi connectivity index (χ2v) is 3.22. The molecule has 68 valence electrons. The molecule has 0 N–H and O–H groups in total. The zero-order valence-electron chi connectivity index (χ0n) is 8.03. The van der Waals surface area contributed by atoms with Crippen LogP contribution in [0.4, 0.5) is 0 Å². The molecular weight excluding hydrogens is 148 g/mol. The first kappa shape index (κ1) is 9.30. The topological polar surface area (TPSA) is 17.8 Å². The summed E-state index contributed by atoms with van der Waals surface area (Å²) < 4.78 is 2.09. The Morgan fingerprint density at radius 1 is 1.25 bits per heavy atom. The largest absolute Gasteiger partial charge is 0.270 e. The Kier molecular flexibility index (Phi) is 3.85. The Bertz CT molecular complexity index is 186. The van der Waals surface area contributed by atoms with Crippen molar-refractivity contribution in [2.75, 3.05) is 0 Å². The zero-order valence-corrected chi connectivity index (χ0v) is 8.03. The Morgan fingerprint density at radius 2 is 1.92 bits per heavy atom. The Morgan fingerprint density at radius 3 is 2.33 bits per heavy atom. The summed E-state index contributed by atoms with van der Waals surface area (Å²) in [5, 5.41) is 4.27. The van der Waals surface area contributed by atoms with Gasteiger partial charge in [-0.15, -0.1) is 0 Å². The molecule has 0 atom stereocenters. The maximum Gasteiger partial charge on any atom is 0.0519 e. The van der Waals surface area contributed by atoms with Crippen molar-refractivity contribution in [3.8, 4) is 0 Å². The van der Waals surface area contributed by atoms with Crippen molar-refractivity contribution in [1.82, 2.24) is 9.78 Å². The van der Waals surface area contributed by atoms with Crippen LogP contribution >= 0.6 is 0 Å². The van der Waals surface area contributed by atoms with Crippen LogP contribution in [0.1, 0.15) is 45.6 Å². The molecule has 0 saturated heterocycles. The lowest BCUT2D eigenvalue weighted by molar-refractivity contribution is 0.391.